The highest BCUT2D eigenvalue weighted by molar-refractivity contribution is 6.30. The van der Waals surface area contributed by atoms with Crippen LogP contribution >= 0.6 is 11.6 Å². The van der Waals surface area contributed by atoms with Gasteiger partial charge in [-0.15, -0.1) is 0 Å². The summed E-state index contributed by atoms with van der Waals surface area (Å²) in [7, 11) is 3.92. The van der Waals surface area contributed by atoms with Gasteiger partial charge in [-0.25, -0.2) is 9.97 Å². The fraction of sp³-hybridized carbons (Fsp3) is 0.524. The summed E-state index contributed by atoms with van der Waals surface area (Å²) in [6.45, 7) is 0.825. The normalized spacial score (nSPS) is 27.5. The highest BCUT2D eigenvalue weighted by Crippen LogP contribution is 2.54. The summed E-state index contributed by atoms with van der Waals surface area (Å²) < 4.78 is 0. The molecule has 4 nitrogen and oxygen atoms in total. The Morgan fingerprint density at radius 3 is 2.35 bits per heavy atom. The van der Waals surface area contributed by atoms with Crippen molar-refractivity contribution >= 4 is 17.5 Å². The largest absolute Gasteiger partial charge is 0.347 e. The Labute approximate surface area is 161 Å². The van der Waals surface area contributed by atoms with E-state index in [1.165, 1.54) is 31.2 Å². The Bertz CT molecular complexity index is 729. The lowest BCUT2D eigenvalue weighted by molar-refractivity contribution is 0.0254. The number of hydrogen-bond acceptors (Lipinski definition) is 4. The number of halogens is 1. The van der Waals surface area contributed by atoms with E-state index >= 15 is 0 Å². The predicted octanol–water partition coefficient (Wildman–Crippen LogP) is 4.26. The van der Waals surface area contributed by atoms with Gasteiger partial charge in [0.2, 0.25) is 5.95 Å². The minimum Gasteiger partial charge on any atom is -0.347 e. The average Bonchev–Trinajstić information content (AvgIpc) is 2.65. The van der Waals surface area contributed by atoms with Gasteiger partial charge in [0, 0.05) is 55.6 Å². The fourth-order valence-corrected chi connectivity index (χ4v) is 4.92. The number of nitrogens with one attached hydrogen (secondary N) is 1. The van der Waals surface area contributed by atoms with Crippen molar-refractivity contribution in [3.8, 4) is 0 Å². The van der Waals surface area contributed by atoms with Crippen molar-refractivity contribution in [2.45, 2.75) is 44.2 Å². The summed E-state index contributed by atoms with van der Waals surface area (Å²) in [5, 5.41) is 4.64. The van der Waals surface area contributed by atoms with Crippen molar-refractivity contribution in [2.75, 3.05) is 19.0 Å². The van der Waals surface area contributed by atoms with Gasteiger partial charge in [0.1, 0.15) is 0 Å². The molecule has 2 saturated carbocycles. The Balaban J connectivity index is 1.46. The third kappa shape index (κ3) is 3.45. The Kier molecular flexibility index (Phi) is 5.14. The lowest BCUT2D eigenvalue weighted by Crippen LogP contribution is -2.57. The monoisotopic (exact) mass is 370 g/mol. The SMILES string of the molecule is CN(C)c1ncc(CN[C@H]2[C@H]3CCCC[C@H]3[C@@H]2c2ccc(Cl)cc2)cn1. The molecule has 0 amide bonds. The quantitative estimate of drug-likeness (QED) is 0.853. The lowest BCUT2D eigenvalue weighted by atomic mass is 9.53. The van der Waals surface area contributed by atoms with E-state index in [0.717, 1.165) is 34.9 Å². The van der Waals surface area contributed by atoms with Crippen molar-refractivity contribution in [3.63, 3.8) is 0 Å². The molecule has 1 aromatic carbocycles. The van der Waals surface area contributed by atoms with Gasteiger partial charge in [-0.1, -0.05) is 36.6 Å². The van der Waals surface area contributed by atoms with Crippen LogP contribution < -0.4 is 10.2 Å². The summed E-state index contributed by atoms with van der Waals surface area (Å²) in [5.74, 6) is 2.96. The topological polar surface area (TPSA) is 41.1 Å². The average molecular weight is 371 g/mol. The molecule has 0 spiro atoms. The number of anilines is 1. The molecule has 1 aromatic heterocycles. The Hall–Kier alpha value is -1.65. The second-order valence-corrected chi connectivity index (χ2v) is 8.32. The van der Waals surface area contributed by atoms with Crippen LogP contribution in [0.2, 0.25) is 5.02 Å². The summed E-state index contributed by atoms with van der Waals surface area (Å²) >= 11 is 6.09. The molecular formula is C21H27ClN4. The first kappa shape index (κ1) is 17.7. The standard InChI is InChI=1S/C21H27ClN4/c1-26(2)21-24-12-14(13-25-21)11-23-20-18-6-4-3-5-17(18)19(20)15-7-9-16(22)10-8-15/h7-10,12-13,17-20,23H,3-6,11H2,1-2H3/t17-,18+,19+,20+/m1/s1. The first-order valence-corrected chi connectivity index (χ1v) is 9.98. The van der Waals surface area contributed by atoms with Crippen LogP contribution in [0.5, 0.6) is 0 Å². The van der Waals surface area contributed by atoms with Crippen LogP contribution in [0.3, 0.4) is 0 Å². The fourth-order valence-electron chi connectivity index (χ4n) is 4.79. The minimum atomic E-state index is 0.537. The van der Waals surface area contributed by atoms with Crippen molar-refractivity contribution in [2.24, 2.45) is 11.8 Å². The smallest absolute Gasteiger partial charge is 0.224 e. The van der Waals surface area contributed by atoms with E-state index in [1.54, 1.807) is 0 Å². The lowest BCUT2D eigenvalue weighted by Gasteiger charge is -2.55. The Morgan fingerprint density at radius 1 is 1.04 bits per heavy atom. The van der Waals surface area contributed by atoms with E-state index in [4.69, 9.17) is 11.6 Å². The van der Waals surface area contributed by atoms with Crippen LogP contribution in [0.1, 0.15) is 42.7 Å². The van der Waals surface area contributed by atoms with Gasteiger partial charge in [-0.3, -0.25) is 0 Å². The summed E-state index contributed by atoms with van der Waals surface area (Å²) in [6, 6.07) is 9.01. The van der Waals surface area contributed by atoms with Gasteiger partial charge in [-0.05, 0) is 42.4 Å². The van der Waals surface area contributed by atoms with E-state index in [1.807, 2.05) is 43.5 Å². The molecule has 1 heterocycles. The van der Waals surface area contributed by atoms with Gasteiger partial charge < -0.3 is 10.2 Å². The van der Waals surface area contributed by atoms with E-state index in [9.17, 15) is 0 Å². The number of hydrogen-bond donors (Lipinski definition) is 1. The van der Waals surface area contributed by atoms with Crippen molar-refractivity contribution < 1.29 is 0 Å². The molecule has 0 radical (unpaired) electrons. The van der Waals surface area contributed by atoms with Crippen molar-refractivity contribution in [3.05, 3.63) is 52.8 Å². The van der Waals surface area contributed by atoms with E-state index in [2.05, 4.69) is 27.4 Å². The van der Waals surface area contributed by atoms with E-state index < -0.39 is 0 Å². The first-order chi connectivity index (χ1) is 12.6. The van der Waals surface area contributed by atoms with Crippen LogP contribution in [0.25, 0.3) is 0 Å². The molecular weight excluding hydrogens is 344 g/mol. The van der Waals surface area contributed by atoms with Gasteiger partial charge in [-0.2, -0.15) is 0 Å². The third-order valence-corrected chi connectivity index (χ3v) is 6.32. The molecule has 0 saturated heterocycles. The number of fused-ring (bicyclic) bond motifs is 1. The van der Waals surface area contributed by atoms with Crippen LogP contribution in [0.15, 0.2) is 36.7 Å². The van der Waals surface area contributed by atoms with Crippen molar-refractivity contribution in [1.29, 1.82) is 0 Å². The summed E-state index contributed by atoms with van der Waals surface area (Å²) in [4.78, 5) is 10.8. The zero-order chi connectivity index (χ0) is 18.1. The second-order valence-electron chi connectivity index (χ2n) is 7.88. The molecule has 0 unspecified atom stereocenters. The Morgan fingerprint density at radius 2 is 1.69 bits per heavy atom. The highest BCUT2D eigenvalue weighted by atomic mass is 35.5. The zero-order valence-corrected chi connectivity index (χ0v) is 16.3. The molecule has 2 fully saturated rings. The molecule has 4 atom stereocenters. The highest BCUT2D eigenvalue weighted by Gasteiger charge is 2.50. The maximum Gasteiger partial charge on any atom is 0.224 e. The minimum absolute atomic E-state index is 0.537. The number of benzene rings is 1. The van der Waals surface area contributed by atoms with Crippen LogP contribution in [0.4, 0.5) is 5.95 Å². The van der Waals surface area contributed by atoms with E-state index in [-0.39, 0.29) is 0 Å². The number of rotatable bonds is 5. The maximum atomic E-state index is 6.09. The second kappa shape index (κ2) is 7.53. The maximum absolute atomic E-state index is 6.09. The van der Waals surface area contributed by atoms with Gasteiger partial charge >= 0.3 is 0 Å². The van der Waals surface area contributed by atoms with Crippen LogP contribution in [0, 0.1) is 11.8 Å². The van der Waals surface area contributed by atoms with Crippen molar-refractivity contribution in [1.82, 2.24) is 15.3 Å². The van der Waals surface area contributed by atoms with E-state index in [0.29, 0.717) is 12.0 Å². The molecule has 2 aromatic rings. The predicted molar refractivity (Wildman–Crippen MR) is 107 cm³/mol. The first-order valence-electron chi connectivity index (χ1n) is 9.60. The summed E-state index contributed by atoms with van der Waals surface area (Å²) in [5.41, 5.74) is 2.57. The molecule has 1 N–H and O–H groups in total. The molecule has 5 heteroatoms. The molecule has 2 aliphatic carbocycles. The molecule has 0 aliphatic heterocycles. The number of aromatic nitrogens is 2. The molecule has 26 heavy (non-hydrogen) atoms. The zero-order valence-electron chi connectivity index (χ0n) is 15.5. The van der Waals surface area contributed by atoms with Crippen LogP contribution in [-0.2, 0) is 6.54 Å². The van der Waals surface area contributed by atoms with Gasteiger partial charge in [0.25, 0.3) is 0 Å². The molecule has 2 aliphatic rings. The van der Waals surface area contributed by atoms with Gasteiger partial charge in [0.05, 0.1) is 0 Å². The van der Waals surface area contributed by atoms with Gasteiger partial charge in [0.15, 0.2) is 0 Å². The molecule has 4 rings (SSSR count). The van der Waals surface area contributed by atoms with Crippen LogP contribution in [-0.4, -0.2) is 30.1 Å². The molecule has 0 bridgehead atoms. The summed E-state index contributed by atoms with van der Waals surface area (Å²) in [6.07, 6.45) is 9.32. The third-order valence-electron chi connectivity index (χ3n) is 6.07. The molecule has 138 valence electrons. The number of nitrogens with zero attached hydrogens (tertiary/aromatic N) is 3.